The summed E-state index contributed by atoms with van der Waals surface area (Å²) in [7, 11) is 1.68. The van der Waals surface area contributed by atoms with Crippen LogP contribution >= 0.6 is 0 Å². The van der Waals surface area contributed by atoms with Crippen LogP contribution in [0.2, 0.25) is 0 Å². The number of amides is 1. The highest BCUT2D eigenvalue weighted by molar-refractivity contribution is 5.68. The summed E-state index contributed by atoms with van der Waals surface area (Å²) in [5.41, 5.74) is 0.0169. The quantitative estimate of drug-likeness (QED) is 0.721. The maximum atomic E-state index is 12.0. The molecule has 0 radical (unpaired) electrons. The highest BCUT2D eigenvalue weighted by Crippen LogP contribution is 2.60. The summed E-state index contributed by atoms with van der Waals surface area (Å²) in [4.78, 5) is 13.8. The number of rotatable bonds is 2. The predicted octanol–water partition coefficient (Wildman–Crippen LogP) is 3.18. The second kappa shape index (κ2) is 5.06. The van der Waals surface area contributed by atoms with Gasteiger partial charge in [0.05, 0.1) is 13.4 Å². The molecule has 108 valence electrons. The first-order valence-corrected chi connectivity index (χ1v) is 7.04. The van der Waals surface area contributed by atoms with Crippen molar-refractivity contribution in [1.82, 2.24) is 4.90 Å². The van der Waals surface area contributed by atoms with Gasteiger partial charge >= 0.3 is 6.09 Å². The number of likely N-dealkylation sites (tertiary alicyclic amines) is 1. The fourth-order valence-electron chi connectivity index (χ4n) is 2.86. The van der Waals surface area contributed by atoms with Crippen molar-refractivity contribution in [2.24, 2.45) is 11.3 Å². The maximum absolute atomic E-state index is 12.0. The lowest BCUT2D eigenvalue weighted by atomic mass is 9.91. The topological polar surface area (TPSA) is 38.8 Å². The van der Waals surface area contributed by atoms with Crippen LogP contribution in [0.3, 0.4) is 0 Å². The van der Waals surface area contributed by atoms with Crippen LogP contribution in [0.15, 0.2) is 12.3 Å². The Labute approximate surface area is 115 Å². The molecule has 4 nitrogen and oxygen atoms in total. The zero-order chi connectivity index (χ0) is 14.1. The molecule has 19 heavy (non-hydrogen) atoms. The summed E-state index contributed by atoms with van der Waals surface area (Å²) < 4.78 is 10.4. The molecular weight excluding hydrogens is 242 g/mol. The van der Waals surface area contributed by atoms with Crippen molar-refractivity contribution in [2.45, 2.75) is 45.6 Å². The van der Waals surface area contributed by atoms with E-state index in [1.54, 1.807) is 13.4 Å². The van der Waals surface area contributed by atoms with Gasteiger partial charge in [-0.1, -0.05) is 0 Å². The Bertz CT molecular complexity index is 362. The van der Waals surface area contributed by atoms with E-state index in [-0.39, 0.29) is 6.09 Å². The highest BCUT2D eigenvalue weighted by atomic mass is 16.6. The Morgan fingerprint density at radius 1 is 1.32 bits per heavy atom. The molecule has 1 unspecified atom stereocenters. The SMILES string of the molecule is CO/C=C/C1CC12CCN(C(=O)OC(C)(C)C)CC2. The molecule has 0 aromatic heterocycles. The minimum Gasteiger partial charge on any atom is -0.505 e. The number of hydrogen-bond donors (Lipinski definition) is 0. The van der Waals surface area contributed by atoms with Gasteiger partial charge in [-0.15, -0.1) is 0 Å². The third-order valence-electron chi connectivity index (χ3n) is 4.11. The number of nitrogens with zero attached hydrogens (tertiary/aromatic N) is 1. The summed E-state index contributed by atoms with van der Waals surface area (Å²) >= 11 is 0. The number of carbonyl (C=O) groups is 1. The van der Waals surface area contributed by atoms with Gasteiger partial charge in [-0.2, -0.15) is 0 Å². The third-order valence-corrected chi connectivity index (χ3v) is 4.11. The van der Waals surface area contributed by atoms with Crippen LogP contribution < -0.4 is 0 Å². The van der Waals surface area contributed by atoms with Gasteiger partial charge in [0, 0.05) is 13.1 Å². The van der Waals surface area contributed by atoms with Crippen LogP contribution in [0.25, 0.3) is 0 Å². The normalized spacial score (nSPS) is 25.7. The second-order valence-electron chi connectivity index (χ2n) is 6.70. The van der Waals surface area contributed by atoms with E-state index in [4.69, 9.17) is 9.47 Å². The van der Waals surface area contributed by atoms with E-state index in [2.05, 4.69) is 6.08 Å². The molecular formula is C15H25NO3. The summed E-state index contributed by atoms with van der Waals surface area (Å²) in [6.07, 6.45) is 7.14. The fourth-order valence-corrected chi connectivity index (χ4v) is 2.86. The Hall–Kier alpha value is -1.19. The van der Waals surface area contributed by atoms with Gasteiger partial charge in [0.15, 0.2) is 0 Å². The maximum Gasteiger partial charge on any atom is 0.410 e. The van der Waals surface area contributed by atoms with Gasteiger partial charge in [-0.05, 0) is 57.4 Å². The van der Waals surface area contributed by atoms with Gasteiger partial charge in [0.1, 0.15) is 5.60 Å². The summed E-state index contributed by atoms with van der Waals surface area (Å²) in [6, 6.07) is 0. The Morgan fingerprint density at radius 3 is 2.47 bits per heavy atom. The number of ether oxygens (including phenoxy) is 2. The van der Waals surface area contributed by atoms with Crippen molar-refractivity contribution in [3.8, 4) is 0 Å². The van der Waals surface area contributed by atoms with Crippen LogP contribution in [0.1, 0.15) is 40.0 Å². The predicted molar refractivity (Wildman–Crippen MR) is 73.7 cm³/mol. The van der Waals surface area contributed by atoms with Crippen molar-refractivity contribution in [3.63, 3.8) is 0 Å². The van der Waals surface area contributed by atoms with E-state index >= 15 is 0 Å². The lowest BCUT2D eigenvalue weighted by molar-refractivity contribution is 0.0168. The van der Waals surface area contributed by atoms with Crippen LogP contribution in [0, 0.1) is 11.3 Å². The van der Waals surface area contributed by atoms with E-state index in [1.807, 2.05) is 25.7 Å². The molecule has 0 bridgehead atoms. The lowest BCUT2D eigenvalue weighted by Crippen LogP contribution is -2.42. The molecule has 0 N–H and O–H groups in total. The van der Waals surface area contributed by atoms with Gasteiger partial charge in [-0.25, -0.2) is 4.79 Å². The van der Waals surface area contributed by atoms with Crippen LogP contribution in [-0.4, -0.2) is 36.8 Å². The monoisotopic (exact) mass is 267 g/mol. The average Bonchev–Trinajstić information content (AvgIpc) is 2.98. The third kappa shape index (κ3) is 3.43. The molecule has 2 aliphatic rings. The number of hydrogen-bond acceptors (Lipinski definition) is 3. The molecule has 1 saturated heterocycles. The second-order valence-corrected chi connectivity index (χ2v) is 6.70. The van der Waals surface area contributed by atoms with Gasteiger partial charge in [0.2, 0.25) is 0 Å². The minimum atomic E-state index is -0.407. The van der Waals surface area contributed by atoms with E-state index < -0.39 is 5.60 Å². The van der Waals surface area contributed by atoms with E-state index in [0.29, 0.717) is 11.3 Å². The lowest BCUT2D eigenvalue weighted by Gasteiger charge is -2.34. The fraction of sp³-hybridized carbons (Fsp3) is 0.800. The van der Waals surface area contributed by atoms with Crippen LogP contribution in [0.4, 0.5) is 4.79 Å². The molecule has 1 aliphatic heterocycles. The number of allylic oxidation sites excluding steroid dienone is 1. The average molecular weight is 267 g/mol. The molecule has 1 amide bonds. The van der Waals surface area contributed by atoms with Gasteiger partial charge in [0.25, 0.3) is 0 Å². The van der Waals surface area contributed by atoms with Crippen LogP contribution in [-0.2, 0) is 9.47 Å². The number of methoxy groups -OCH3 is 1. The molecule has 4 heteroatoms. The van der Waals surface area contributed by atoms with E-state index in [9.17, 15) is 4.79 Å². The van der Waals surface area contributed by atoms with Crippen molar-refractivity contribution in [3.05, 3.63) is 12.3 Å². The first kappa shape index (κ1) is 14.2. The zero-order valence-electron chi connectivity index (χ0n) is 12.4. The van der Waals surface area contributed by atoms with E-state index in [1.165, 1.54) is 6.42 Å². The Balaban J connectivity index is 1.81. The first-order valence-electron chi connectivity index (χ1n) is 7.04. The summed E-state index contributed by atoms with van der Waals surface area (Å²) in [6.45, 7) is 7.34. The number of piperidine rings is 1. The van der Waals surface area contributed by atoms with E-state index in [0.717, 1.165) is 25.9 Å². The van der Waals surface area contributed by atoms with Crippen molar-refractivity contribution in [1.29, 1.82) is 0 Å². The molecule has 1 saturated carbocycles. The summed E-state index contributed by atoms with van der Waals surface area (Å²) in [5.74, 6) is 0.633. The van der Waals surface area contributed by atoms with Crippen molar-refractivity contribution < 1.29 is 14.3 Å². The number of carbonyl (C=O) groups excluding carboxylic acids is 1. The molecule has 1 aliphatic carbocycles. The zero-order valence-corrected chi connectivity index (χ0v) is 12.4. The molecule has 1 atom stereocenters. The minimum absolute atomic E-state index is 0.174. The molecule has 2 rings (SSSR count). The largest absolute Gasteiger partial charge is 0.505 e. The molecule has 1 heterocycles. The smallest absolute Gasteiger partial charge is 0.410 e. The van der Waals surface area contributed by atoms with Crippen molar-refractivity contribution in [2.75, 3.05) is 20.2 Å². The van der Waals surface area contributed by atoms with Gasteiger partial charge in [-0.3, -0.25) is 0 Å². The highest BCUT2D eigenvalue weighted by Gasteiger charge is 2.53. The van der Waals surface area contributed by atoms with Crippen LogP contribution in [0.5, 0.6) is 0 Å². The first-order chi connectivity index (χ1) is 8.86. The Kier molecular flexibility index (Phi) is 3.79. The summed E-state index contributed by atoms with van der Waals surface area (Å²) in [5, 5.41) is 0. The molecule has 1 spiro atoms. The molecule has 0 aromatic carbocycles. The van der Waals surface area contributed by atoms with Crippen molar-refractivity contribution >= 4 is 6.09 Å². The molecule has 2 fully saturated rings. The standard InChI is InChI=1S/C15H25NO3/c1-14(2,3)19-13(17)16-8-6-15(7-9-16)11-12(15)5-10-18-4/h5,10,12H,6-9,11H2,1-4H3/b10-5+. The Morgan fingerprint density at radius 2 is 1.95 bits per heavy atom. The molecule has 0 aromatic rings. The van der Waals surface area contributed by atoms with Gasteiger partial charge < -0.3 is 14.4 Å².